The van der Waals surface area contributed by atoms with Crippen molar-refractivity contribution in [3.8, 4) is 0 Å². The normalized spacial score (nSPS) is 14.9. The zero-order chi connectivity index (χ0) is 13.2. The maximum atomic E-state index is 11.3. The molecule has 98 valence electrons. The van der Waals surface area contributed by atoms with E-state index in [4.69, 9.17) is 5.73 Å². The Morgan fingerprint density at radius 1 is 1.47 bits per heavy atom. The number of hydrogen-bond acceptors (Lipinski definition) is 4. The minimum Gasteiger partial charge on any atom is -0.394 e. The highest BCUT2D eigenvalue weighted by atomic mass is 32.2. The molecule has 0 radical (unpaired) electrons. The topological polar surface area (TPSA) is 72.9 Å². The molecule has 0 fully saturated rings. The van der Waals surface area contributed by atoms with Crippen molar-refractivity contribution in [3.63, 3.8) is 0 Å². The van der Waals surface area contributed by atoms with Crippen LogP contribution in [0.2, 0.25) is 0 Å². The third-order valence-electron chi connectivity index (χ3n) is 2.74. The zero-order valence-electron chi connectivity index (χ0n) is 11.2. The SMILES string of the molecule is Cc1nn(C(C)C)c(NCC(C)S(C)=O)c1N. The quantitative estimate of drug-likeness (QED) is 0.840. The molecule has 17 heavy (non-hydrogen) atoms. The lowest BCUT2D eigenvalue weighted by Gasteiger charge is -2.15. The number of nitrogens with one attached hydrogen (secondary N) is 1. The largest absolute Gasteiger partial charge is 0.394 e. The highest BCUT2D eigenvalue weighted by molar-refractivity contribution is 7.84. The molecular weight excluding hydrogens is 236 g/mol. The lowest BCUT2D eigenvalue weighted by molar-refractivity contribution is 0.534. The summed E-state index contributed by atoms with van der Waals surface area (Å²) < 4.78 is 13.2. The first-order valence-corrected chi connectivity index (χ1v) is 7.37. The first kappa shape index (κ1) is 14.0. The van der Waals surface area contributed by atoms with Gasteiger partial charge in [0.1, 0.15) is 5.82 Å². The number of nitrogens with zero attached hydrogens (tertiary/aromatic N) is 2. The summed E-state index contributed by atoms with van der Waals surface area (Å²) in [7, 11) is -0.834. The fourth-order valence-corrected chi connectivity index (χ4v) is 1.79. The van der Waals surface area contributed by atoms with Crippen molar-refractivity contribution in [2.75, 3.05) is 23.9 Å². The van der Waals surface area contributed by atoms with Gasteiger partial charge in [-0.3, -0.25) is 4.21 Å². The molecule has 0 aliphatic carbocycles. The lowest BCUT2D eigenvalue weighted by Crippen LogP contribution is -2.23. The Labute approximate surface area is 105 Å². The molecular formula is C11H22N4OS. The summed E-state index contributed by atoms with van der Waals surface area (Å²) in [4.78, 5) is 0. The Bertz CT molecular complexity index is 414. The average Bonchev–Trinajstić information content (AvgIpc) is 2.52. The number of nitrogens with two attached hydrogens (primary N) is 1. The predicted octanol–water partition coefficient (Wildman–Crippen LogP) is 1.53. The fourth-order valence-electron chi connectivity index (χ4n) is 1.47. The first-order chi connectivity index (χ1) is 7.84. The number of hydrogen-bond donors (Lipinski definition) is 2. The third kappa shape index (κ3) is 3.21. The molecule has 0 aromatic carbocycles. The molecule has 0 aliphatic rings. The molecule has 2 unspecified atom stereocenters. The average molecular weight is 258 g/mol. The van der Waals surface area contributed by atoms with Crippen LogP contribution in [0.15, 0.2) is 0 Å². The molecule has 0 saturated carbocycles. The van der Waals surface area contributed by atoms with E-state index >= 15 is 0 Å². The molecule has 0 aliphatic heterocycles. The molecule has 0 amide bonds. The summed E-state index contributed by atoms with van der Waals surface area (Å²) in [5.41, 5.74) is 7.48. The van der Waals surface area contributed by atoms with Crippen LogP contribution in [-0.4, -0.2) is 32.0 Å². The van der Waals surface area contributed by atoms with E-state index in [2.05, 4.69) is 24.3 Å². The number of nitrogen functional groups attached to an aromatic ring is 1. The molecule has 3 N–H and O–H groups in total. The maximum Gasteiger partial charge on any atom is 0.148 e. The van der Waals surface area contributed by atoms with Crippen molar-refractivity contribution >= 4 is 22.3 Å². The summed E-state index contributed by atoms with van der Waals surface area (Å²) in [5.74, 6) is 0.829. The zero-order valence-corrected chi connectivity index (χ0v) is 12.0. The fraction of sp³-hybridized carbons (Fsp3) is 0.727. The number of aryl methyl sites for hydroxylation is 1. The third-order valence-corrected chi connectivity index (χ3v) is 4.04. The molecule has 1 heterocycles. The summed E-state index contributed by atoms with van der Waals surface area (Å²) >= 11 is 0. The molecule has 1 aromatic rings. The number of aromatic nitrogens is 2. The Morgan fingerprint density at radius 3 is 2.53 bits per heavy atom. The van der Waals surface area contributed by atoms with Gasteiger partial charge in [-0.2, -0.15) is 5.10 Å². The van der Waals surface area contributed by atoms with Crippen LogP contribution in [0.25, 0.3) is 0 Å². The summed E-state index contributed by atoms with van der Waals surface area (Å²) in [6.07, 6.45) is 1.71. The van der Waals surface area contributed by atoms with Gasteiger partial charge in [-0.05, 0) is 27.7 Å². The van der Waals surface area contributed by atoms with Gasteiger partial charge < -0.3 is 11.1 Å². The Kier molecular flexibility index (Phi) is 4.56. The highest BCUT2D eigenvalue weighted by Gasteiger charge is 2.15. The minimum absolute atomic E-state index is 0.0882. The van der Waals surface area contributed by atoms with Crippen molar-refractivity contribution in [1.82, 2.24) is 9.78 Å². The van der Waals surface area contributed by atoms with Crippen LogP contribution in [0.4, 0.5) is 11.5 Å². The van der Waals surface area contributed by atoms with Crippen LogP contribution in [0.3, 0.4) is 0 Å². The second-order valence-corrected chi connectivity index (χ2v) is 6.38. The highest BCUT2D eigenvalue weighted by Crippen LogP contribution is 2.25. The molecule has 5 nitrogen and oxygen atoms in total. The van der Waals surface area contributed by atoms with Crippen molar-refractivity contribution in [2.24, 2.45) is 0 Å². The molecule has 2 atom stereocenters. The van der Waals surface area contributed by atoms with Gasteiger partial charge in [-0.25, -0.2) is 4.68 Å². The van der Waals surface area contributed by atoms with E-state index < -0.39 is 10.8 Å². The van der Waals surface area contributed by atoms with Crippen molar-refractivity contribution in [2.45, 2.75) is 39.0 Å². The van der Waals surface area contributed by atoms with Gasteiger partial charge in [-0.15, -0.1) is 0 Å². The standard InChI is InChI=1S/C11H22N4OS/c1-7(2)15-11(10(12)9(4)14-15)13-6-8(3)17(5)16/h7-8,13H,6,12H2,1-5H3. The van der Waals surface area contributed by atoms with E-state index in [1.807, 2.05) is 18.5 Å². The molecule has 0 bridgehead atoms. The monoisotopic (exact) mass is 258 g/mol. The molecule has 0 saturated heterocycles. The number of rotatable bonds is 5. The predicted molar refractivity (Wildman–Crippen MR) is 73.8 cm³/mol. The van der Waals surface area contributed by atoms with Gasteiger partial charge in [0.05, 0.1) is 11.4 Å². The van der Waals surface area contributed by atoms with Gasteiger partial charge in [-0.1, -0.05) is 0 Å². The van der Waals surface area contributed by atoms with Crippen molar-refractivity contribution < 1.29 is 4.21 Å². The second-order valence-electron chi connectivity index (χ2n) is 4.58. The number of anilines is 2. The van der Waals surface area contributed by atoms with E-state index in [0.29, 0.717) is 12.2 Å². The van der Waals surface area contributed by atoms with Gasteiger partial charge in [0.15, 0.2) is 0 Å². The van der Waals surface area contributed by atoms with Gasteiger partial charge in [0.25, 0.3) is 0 Å². The first-order valence-electron chi connectivity index (χ1n) is 5.75. The van der Waals surface area contributed by atoms with Crippen LogP contribution in [0, 0.1) is 6.92 Å². The Morgan fingerprint density at radius 2 is 2.06 bits per heavy atom. The van der Waals surface area contributed by atoms with E-state index in [1.165, 1.54) is 0 Å². The van der Waals surface area contributed by atoms with Crippen molar-refractivity contribution in [1.29, 1.82) is 0 Å². The second kappa shape index (κ2) is 5.53. The van der Waals surface area contributed by atoms with Crippen LogP contribution >= 0.6 is 0 Å². The van der Waals surface area contributed by atoms with Gasteiger partial charge in [0, 0.05) is 34.9 Å². The van der Waals surface area contributed by atoms with E-state index in [9.17, 15) is 4.21 Å². The molecule has 1 rings (SSSR count). The van der Waals surface area contributed by atoms with Crippen LogP contribution in [-0.2, 0) is 10.8 Å². The van der Waals surface area contributed by atoms with E-state index in [0.717, 1.165) is 11.5 Å². The maximum absolute atomic E-state index is 11.3. The van der Waals surface area contributed by atoms with Gasteiger partial charge in [0.2, 0.25) is 0 Å². The lowest BCUT2D eigenvalue weighted by atomic mass is 10.3. The minimum atomic E-state index is -0.834. The molecule has 1 aromatic heterocycles. The summed E-state index contributed by atoms with van der Waals surface area (Å²) in [5, 5.41) is 7.72. The Balaban J connectivity index is 2.86. The Hall–Kier alpha value is -1.04. The van der Waals surface area contributed by atoms with E-state index in [1.54, 1.807) is 6.26 Å². The molecule has 6 heteroatoms. The van der Waals surface area contributed by atoms with Crippen LogP contribution in [0.5, 0.6) is 0 Å². The van der Waals surface area contributed by atoms with E-state index in [-0.39, 0.29) is 11.3 Å². The smallest absolute Gasteiger partial charge is 0.148 e. The van der Waals surface area contributed by atoms with Crippen LogP contribution < -0.4 is 11.1 Å². The van der Waals surface area contributed by atoms with Gasteiger partial charge >= 0.3 is 0 Å². The molecule has 0 spiro atoms. The van der Waals surface area contributed by atoms with Crippen molar-refractivity contribution in [3.05, 3.63) is 5.69 Å². The van der Waals surface area contributed by atoms with Crippen LogP contribution in [0.1, 0.15) is 32.5 Å². The summed E-state index contributed by atoms with van der Waals surface area (Å²) in [6.45, 7) is 8.57. The summed E-state index contributed by atoms with van der Waals surface area (Å²) in [6, 6.07) is 0.246.